The van der Waals surface area contributed by atoms with Crippen LogP contribution in [0.1, 0.15) is 23.7 Å². The van der Waals surface area contributed by atoms with E-state index in [-0.39, 0.29) is 18.9 Å². The summed E-state index contributed by atoms with van der Waals surface area (Å²) in [4.78, 5) is 35.9. The maximum absolute atomic E-state index is 11.9. The van der Waals surface area contributed by atoms with Gasteiger partial charge in [-0.2, -0.15) is 0 Å². The Morgan fingerprint density at radius 1 is 1.16 bits per heavy atom. The largest absolute Gasteiger partial charge is 0.459 e. The van der Waals surface area contributed by atoms with E-state index < -0.39 is 11.9 Å². The standard InChI is InChI=1S/C14H17NO4/c1-3-9-19-14(18)13(17)15(2)10-12(16)11-7-5-4-6-8-11/h4-8H,3,9-10H2,1-2H3. The van der Waals surface area contributed by atoms with Gasteiger partial charge in [0.2, 0.25) is 0 Å². The number of esters is 1. The fourth-order valence-electron chi connectivity index (χ4n) is 1.41. The molecule has 0 unspecified atom stereocenters. The summed E-state index contributed by atoms with van der Waals surface area (Å²) in [5.41, 5.74) is 0.504. The number of Topliss-reactive ketones (excluding diaryl/α,β-unsaturated/α-hetero) is 1. The molecule has 0 saturated heterocycles. The van der Waals surface area contributed by atoms with Crippen LogP contribution in [0.4, 0.5) is 0 Å². The van der Waals surface area contributed by atoms with E-state index in [0.29, 0.717) is 12.0 Å². The Morgan fingerprint density at radius 2 is 1.79 bits per heavy atom. The Hall–Kier alpha value is -2.17. The predicted molar refractivity (Wildman–Crippen MR) is 69.7 cm³/mol. The summed E-state index contributed by atoms with van der Waals surface area (Å²) in [6, 6.07) is 8.61. The smallest absolute Gasteiger partial charge is 0.397 e. The van der Waals surface area contributed by atoms with Crippen molar-refractivity contribution in [3.8, 4) is 0 Å². The first-order valence-corrected chi connectivity index (χ1v) is 6.06. The molecule has 1 rings (SSSR count). The molecule has 1 aromatic carbocycles. The van der Waals surface area contributed by atoms with Gasteiger partial charge >= 0.3 is 11.9 Å². The van der Waals surface area contributed by atoms with Gasteiger partial charge in [0, 0.05) is 12.6 Å². The molecule has 0 fully saturated rings. The van der Waals surface area contributed by atoms with Gasteiger partial charge in [-0.25, -0.2) is 4.79 Å². The van der Waals surface area contributed by atoms with E-state index in [1.807, 2.05) is 6.92 Å². The summed E-state index contributed by atoms with van der Waals surface area (Å²) < 4.78 is 4.72. The minimum atomic E-state index is -0.926. The topological polar surface area (TPSA) is 63.7 Å². The van der Waals surface area contributed by atoms with Crippen LogP contribution in [0.25, 0.3) is 0 Å². The molecule has 19 heavy (non-hydrogen) atoms. The number of carbonyl (C=O) groups excluding carboxylic acids is 3. The van der Waals surface area contributed by atoms with E-state index in [4.69, 9.17) is 4.74 Å². The molecule has 0 heterocycles. The highest BCUT2D eigenvalue weighted by Crippen LogP contribution is 2.01. The lowest BCUT2D eigenvalue weighted by atomic mass is 10.1. The lowest BCUT2D eigenvalue weighted by Crippen LogP contribution is -2.38. The first-order valence-electron chi connectivity index (χ1n) is 6.06. The van der Waals surface area contributed by atoms with Crippen molar-refractivity contribution in [2.24, 2.45) is 0 Å². The van der Waals surface area contributed by atoms with Crippen LogP contribution in [0.5, 0.6) is 0 Å². The van der Waals surface area contributed by atoms with Crippen molar-refractivity contribution in [1.82, 2.24) is 4.90 Å². The zero-order valence-corrected chi connectivity index (χ0v) is 11.1. The molecule has 0 atom stereocenters. The highest BCUT2D eigenvalue weighted by atomic mass is 16.5. The Balaban J connectivity index is 2.55. The van der Waals surface area contributed by atoms with Crippen molar-refractivity contribution in [2.75, 3.05) is 20.2 Å². The quantitative estimate of drug-likeness (QED) is 0.456. The molecule has 5 heteroatoms. The Labute approximate surface area is 112 Å². The van der Waals surface area contributed by atoms with Crippen LogP contribution in [-0.4, -0.2) is 42.8 Å². The molecule has 0 bridgehead atoms. The van der Waals surface area contributed by atoms with Crippen molar-refractivity contribution in [3.63, 3.8) is 0 Å². The summed E-state index contributed by atoms with van der Waals surface area (Å²) in [5, 5.41) is 0. The lowest BCUT2D eigenvalue weighted by Gasteiger charge is -2.15. The molecule has 102 valence electrons. The van der Waals surface area contributed by atoms with Crippen molar-refractivity contribution in [3.05, 3.63) is 35.9 Å². The van der Waals surface area contributed by atoms with Crippen molar-refractivity contribution in [1.29, 1.82) is 0 Å². The first-order chi connectivity index (χ1) is 9.06. The molecule has 1 amide bonds. The molecule has 0 aliphatic carbocycles. The normalized spacial score (nSPS) is 9.79. The number of benzene rings is 1. The average molecular weight is 263 g/mol. The Morgan fingerprint density at radius 3 is 2.37 bits per heavy atom. The van der Waals surface area contributed by atoms with Gasteiger partial charge < -0.3 is 9.64 Å². The molecule has 1 aromatic rings. The number of nitrogens with zero attached hydrogens (tertiary/aromatic N) is 1. The van der Waals surface area contributed by atoms with Gasteiger partial charge in [0.05, 0.1) is 13.2 Å². The van der Waals surface area contributed by atoms with Gasteiger partial charge in [-0.1, -0.05) is 37.3 Å². The van der Waals surface area contributed by atoms with Crippen molar-refractivity contribution >= 4 is 17.7 Å². The van der Waals surface area contributed by atoms with Crippen LogP contribution < -0.4 is 0 Å². The fraction of sp³-hybridized carbons (Fsp3) is 0.357. The second-order valence-corrected chi connectivity index (χ2v) is 4.09. The van der Waals surface area contributed by atoms with Crippen LogP contribution in [0.15, 0.2) is 30.3 Å². The van der Waals surface area contributed by atoms with Gasteiger partial charge in [-0.05, 0) is 6.42 Å². The van der Waals surface area contributed by atoms with E-state index in [0.717, 1.165) is 4.90 Å². The number of carbonyl (C=O) groups is 3. The highest BCUT2D eigenvalue weighted by Gasteiger charge is 2.22. The predicted octanol–water partition coefficient (Wildman–Crippen LogP) is 1.28. The highest BCUT2D eigenvalue weighted by molar-refractivity contribution is 6.32. The molecule has 0 N–H and O–H groups in total. The monoisotopic (exact) mass is 263 g/mol. The average Bonchev–Trinajstić information content (AvgIpc) is 2.44. The van der Waals surface area contributed by atoms with Gasteiger partial charge in [0.15, 0.2) is 5.78 Å². The van der Waals surface area contributed by atoms with E-state index in [1.54, 1.807) is 30.3 Å². The molecular weight excluding hydrogens is 246 g/mol. The number of hydrogen-bond donors (Lipinski definition) is 0. The molecule has 0 aliphatic heterocycles. The first kappa shape index (κ1) is 14.9. The third kappa shape index (κ3) is 4.54. The van der Waals surface area contributed by atoms with Crippen LogP contribution in [0.3, 0.4) is 0 Å². The maximum Gasteiger partial charge on any atom is 0.397 e. The zero-order valence-electron chi connectivity index (χ0n) is 11.1. The number of rotatable bonds is 5. The number of ether oxygens (including phenoxy) is 1. The molecule has 0 saturated carbocycles. The summed E-state index contributed by atoms with van der Waals surface area (Å²) in [6.07, 6.45) is 0.645. The van der Waals surface area contributed by atoms with Crippen LogP contribution in [0, 0.1) is 0 Å². The molecule has 0 spiro atoms. The van der Waals surface area contributed by atoms with Crippen molar-refractivity contribution < 1.29 is 19.1 Å². The fourth-order valence-corrected chi connectivity index (χ4v) is 1.41. The molecule has 5 nitrogen and oxygen atoms in total. The zero-order chi connectivity index (χ0) is 14.3. The third-order valence-electron chi connectivity index (χ3n) is 2.44. The van der Waals surface area contributed by atoms with E-state index in [2.05, 4.69) is 0 Å². The van der Waals surface area contributed by atoms with Crippen LogP contribution >= 0.6 is 0 Å². The SMILES string of the molecule is CCCOC(=O)C(=O)N(C)CC(=O)c1ccccc1. The molecular formula is C14H17NO4. The number of amides is 1. The van der Waals surface area contributed by atoms with Gasteiger partial charge in [0.1, 0.15) is 0 Å². The van der Waals surface area contributed by atoms with Gasteiger partial charge in [-0.15, -0.1) is 0 Å². The second-order valence-electron chi connectivity index (χ2n) is 4.09. The minimum Gasteiger partial charge on any atom is -0.459 e. The van der Waals surface area contributed by atoms with E-state index in [9.17, 15) is 14.4 Å². The summed E-state index contributed by atoms with van der Waals surface area (Å²) in [6.45, 7) is 1.88. The van der Waals surface area contributed by atoms with Crippen LogP contribution in [0.2, 0.25) is 0 Å². The molecule has 0 radical (unpaired) electrons. The van der Waals surface area contributed by atoms with Crippen LogP contribution in [-0.2, 0) is 14.3 Å². The Kier molecular flexibility index (Phi) is 5.73. The summed E-state index contributed by atoms with van der Waals surface area (Å²) >= 11 is 0. The molecule has 0 aromatic heterocycles. The van der Waals surface area contributed by atoms with Gasteiger partial charge in [-0.3, -0.25) is 9.59 Å². The number of likely N-dealkylation sites (N-methyl/N-ethyl adjacent to an activating group) is 1. The lowest BCUT2D eigenvalue weighted by molar-refractivity contribution is -0.159. The summed E-state index contributed by atoms with van der Waals surface area (Å²) in [7, 11) is 1.40. The van der Waals surface area contributed by atoms with E-state index >= 15 is 0 Å². The second kappa shape index (κ2) is 7.31. The Bertz CT molecular complexity index is 456. The number of hydrogen-bond acceptors (Lipinski definition) is 4. The third-order valence-corrected chi connectivity index (χ3v) is 2.44. The number of ketones is 1. The van der Waals surface area contributed by atoms with E-state index in [1.165, 1.54) is 7.05 Å². The maximum atomic E-state index is 11.9. The van der Waals surface area contributed by atoms with Gasteiger partial charge in [0.25, 0.3) is 0 Å². The summed E-state index contributed by atoms with van der Waals surface area (Å²) in [5.74, 6) is -1.96. The van der Waals surface area contributed by atoms with Crippen molar-refractivity contribution in [2.45, 2.75) is 13.3 Å². The molecule has 0 aliphatic rings. The minimum absolute atomic E-state index is 0.149.